The highest BCUT2D eigenvalue weighted by molar-refractivity contribution is 7.92. The van der Waals surface area contributed by atoms with Crippen LogP contribution in [0.5, 0.6) is 0 Å². The van der Waals surface area contributed by atoms with Crippen LogP contribution in [0, 0.1) is 0 Å². The molecule has 2 saturated heterocycles. The van der Waals surface area contributed by atoms with Crippen molar-refractivity contribution >= 4 is 15.7 Å². The maximum atomic E-state index is 11.8. The van der Waals surface area contributed by atoms with Crippen LogP contribution in [-0.4, -0.2) is 81.4 Å². The van der Waals surface area contributed by atoms with Crippen LogP contribution in [0.2, 0.25) is 0 Å². The molecule has 2 aliphatic heterocycles. The Balaban J connectivity index is 1.69. The predicted molar refractivity (Wildman–Crippen MR) is 83.0 cm³/mol. The Morgan fingerprint density at radius 3 is 2.43 bits per heavy atom. The SMILES string of the molecule is CN(C)C(=O)CN1CCC(NCC2CCCS2(=O)=O)CC1. The minimum atomic E-state index is -2.85. The standard InChI is InChI=1S/C14H27N3O3S/c1-16(2)14(18)11-17-7-5-12(6-8-17)15-10-13-4-3-9-21(13,19)20/h12-13,15H,3-11H2,1-2H3. The number of sulfone groups is 1. The van der Waals surface area contributed by atoms with Crippen LogP contribution >= 0.6 is 0 Å². The van der Waals surface area contributed by atoms with Crippen LogP contribution in [0.1, 0.15) is 25.7 Å². The average molecular weight is 317 g/mol. The first kappa shape index (κ1) is 16.7. The van der Waals surface area contributed by atoms with Crippen LogP contribution in [0.15, 0.2) is 0 Å². The Morgan fingerprint density at radius 1 is 1.24 bits per heavy atom. The summed E-state index contributed by atoms with van der Waals surface area (Å²) in [5, 5.41) is 3.23. The number of piperidine rings is 1. The van der Waals surface area contributed by atoms with Gasteiger partial charge in [-0.25, -0.2) is 8.42 Å². The largest absolute Gasteiger partial charge is 0.348 e. The molecule has 0 aromatic rings. The number of amides is 1. The van der Waals surface area contributed by atoms with Gasteiger partial charge in [-0.1, -0.05) is 0 Å². The van der Waals surface area contributed by atoms with E-state index in [0.717, 1.165) is 38.8 Å². The maximum absolute atomic E-state index is 11.8. The van der Waals surface area contributed by atoms with E-state index in [4.69, 9.17) is 0 Å². The summed E-state index contributed by atoms with van der Waals surface area (Å²) in [6.45, 7) is 2.86. The Morgan fingerprint density at radius 2 is 1.90 bits per heavy atom. The van der Waals surface area contributed by atoms with Gasteiger partial charge in [0.2, 0.25) is 5.91 Å². The van der Waals surface area contributed by atoms with E-state index in [1.165, 1.54) is 0 Å². The van der Waals surface area contributed by atoms with Gasteiger partial charge in [0.15, 0.2) is 9.84 Å². The lowest BCUT2D eigenvalue weighted by molar-refractivity contribution is -0.130. The molecule has 6 nitrogen and oxygen atoms in total. The van der Waals surface area contributed by atoms with Gasteiger partial charge in [-0.15, -0.1) is 0 Å². The lowest BCUT2D eigenvalue weighted by Crippen LogP contribution is -2.47. The Bertz CT molecular complexity index is 456. The highest BCUT2D eigenvalue weighted by Crippen LogP contribution is 2.20. The van der Waals surface area contributed by atoms with Crippen molar-refractivity contribution < 1.29 is 13.2 Å². The first-order chi connectivity index (χ1) is 9.88. The molecule has 2 fully saturated rings. The van der Waals surface area contributed by atoms with Gasteiger partial charge in [0.1, 0.15) is 0 Å². The molecule has 0 bridgehead atoms. The third-order valence-electron chi connectivity index (χ3n) is 4.54. The molecule has 2 heterocycles. The fourth-order valence-corrected chi connectivity index (χ4v) is 4.79. The molecule has 0 radical (unpaired) electrons. The van der Waals surface area contributed by atoms with Crippen LogP contribution in [0.3, 0.4) is 0 Å². The summed E-state index contributed by atoms with van der Waals surface area (Å²) in [6, 6.07) is 0.381. The second-order valence-corrected chi connectivity index (χ2v) is 8.78. The average Bonchev–Trinajstić information content (AvgIpc) is 2.77. The number of hydrogen-bond acceptors (Lipinski definition) is 5. The summed E-state index contributed by atoms with van der Waals surface area (Å²) in [6.07, 6.45) is 3.56. The Labute approximate surface area is 127 Å². The van der Waals surface area contributed by atoms with E-state index in [-0.39, 0.29) is 11.2 Å². The first-order valence-electron chi connectivity index (χ1n) is 7.76. The van der Waals surface area contributed by atoms with Crippen molar-refractivity contribution in [3.63, 3.8) is 0 Å². The highest BCUT2D eigenvalue weighted by Gasteiger charge is 2.31. The highest BCUT2D eigenvalue weighted by atomic mass is 32.2. The van der Waals surface area contributed by atoms with Gasteiger partial charge in [-0.05, 0) is 25.7 Å². The van der Waals surface area contributed by atoms with Gasteiger partial charge < -0.3 is 10.2 Å². The molecule has 122 valence electrons. The molecule has 1 unspecified atom stereocenters. The second kappa shape index (κ2) is 7.07. The van der Waals surface area contributed by atoms with Crippen LogP contribution in [-0.2, 0) is 14.6 Å². The van der Waals surface area contributed by atoms with Gasteiger partial charge in [0, 0.05) is 39.8 Å². The zero-order valence-electron chi connectivity index (χ0n) is 13.0. The number of rotatable bonds is 5. The van der Waals surface area contributed by atoms with Crippen molar-refractivity contribution in [1.29, 1.82) is 0 Å². The summed E-state index contributed by atoms with van der Waals surface area (Å²) in [4.78, 5) is 15.5. The molecule has 0 aromatic carbocycles. The smallest absolute Gasteiger partial charge is 0.236 e. The molecular weight excluding hydrogens is 290 g/mol. The number of likely N-dealkylation sites (N-methyl/N-ethyl adjacent to an activating group) is 1. The van der Waals surface area contributed by atoms with Crippen molar-refractivity contribution in [2.24, 2.45) is 0 Å². The number of hydrogen-bond donors (Lipinski definition) is 1. The van der Waals surface area contributed by atoms with Gasteiger partial charge in [-0.3, -0.25) is 9.69 Å². The lowest BCUT2D eigenvalue weighted by atomic mass is 10.0. The zero-order valence-corrected chi connectivity index (χ0v) is 13.9. The summed E-state index contributed by atoms with van der Waals surface area (Å²) in [5.74, 6) is 0.489. The maximum Gasteiger partial charge on any atom is 0.236 e. The van der Waals surface area contributed by atoms with E-state index in [1.807, 2.05) is 0 Å². The van der Waals surface area contributed by atoms with Crippen LogP contribution < -0.4 is 5.32 Å². The number of nitrogens with zero attached hydrogens (tertiary/aromatic N) is 2. The predicted octanol–water partition coefficient (Wildman–Crippen LogP) is -0.294. The molecule has 0 aliphatic carbocycles. The molecule has 2 aliphatic rings. The fraction of sp³-hybridized carbons (Fsp3) is 0.929. The third-order valence-corrected chi connectivity index (χ3v) is 6.82. The van der Waals surface area contributed by atoms with E-state index in [2.05, 4.69) is 10.2 Å². The van der Waals surface area contributed by atoms with Crippen LogP contribution in [0.4, 0.5) is 0 Å². The summed E-state index contributed by atoms with van der Waals surface area (Å²) >= 11 is 0. The van der Waals surface area contributed by atoms with E-state index in [9.17, 15) is 13.2 Å². The van der Waals surface area contributed by atoms with Crippen molar-refractivity contribution in [2.75, 3.05) is 46.0 Å². The van der Waals surface area contributed by atoms with E-state index < -0.39 is 9.84 Å². The fourth-order valence-electron chi connectivity index (χ4n) is 3.01. The van der Waals surface area contributed by atoms with E-state index >= 15 is 0 Å². The normalized spacial score (nSPS) is 26.9. The number of carbonyl (C=O) groups excluding carboxylic acids is 1. The van der Waals surface area contributed by atoms with E-state index in [0.29, 0.717) is 24.9 Å². The molecular formula is C14H27N3O3S. The quantitative estimate of drug-likeness (QED) is 0.754. The number of carbonyl (C=O) groups is 1. The molecule has 0 aromatic heterocycles. The summed E-state index contributed by atoms with van der Waals surface area (Å²) < 4.78 is 23.6. The van der Waals surface area contributed by atoms with Crippen molar-refractivity contribution in [1.82, 2.24) is 15.1 Å². The monoisotopic (exact) mass is 317 g/mol. The Hall–Kier alpha value is -0.660. The van der Waals surface area contributed by atoms with Crippen molar-refractivity contribution in [2.45, 2.75) is 37.0 Å². The molecule has 0 saturated carbocycles. The zero-order chi connectivity index (χ0) is 15.5. The number of nitrogens with one attached hydrogen (secondary N) is 1. The molecule has 7 heteroatoms. The molecule has 1 amide bonds. The summed E-state index contributed by atoms with van der Waals surface area (Å²) in [5.41, 5.74) is 0. The minimum Gasteiger partial charge on any atom is -0.348 e. The second-order valence-electron chi connectivity index (χ2n) is 6.38. The molecule has 21 heavy (non-hydrogen) atoms. The molecule has 2 rings (SSSR count). The first-order valence-corrected chi connectivity index (χ1v) is 9.47. The molecule has 0 spiro atoms. The van der Waals surface area contributed by atoms with Gasteiger partial charge in [0.05, 0.1) is 17.5 Å². The van der Waals surface area contributed by atoms with Gasteiger partial charge in [-0.2, -0.15) is 0 Å². The number of likely N-dealkylation sites (tertiary alicyclic amines) is 1. The van der Waals surface area contributed by atoms with Gasteiger partial charge in [0.25, 0.3) is 0 Å². The van der Waals surface area contributed by atoms with Crippen molar-refractivity contribution in [3.05, 3.63) is 0 Å². The molecule has 1 N–H and O–H groups in total. The van der Waals surface area contributed by atoms with Crippen LogP contribution in [0.25, 0.3) is 0 Å². The topological polar surface area (TPSA) is 69.7 Å². The van der Waals surface area contributed by atoms with Crippen molar-refractivity contribution in [3.8, 4) is 0 Å². The summed E-state index contributed by atoms with van der Waals surface area (Å²) in [7, 11) is 0.706. The van der Waals surface area contributed by atoms with E-state index in [1.54, 1.807) is 19.0 Å². The molecule has 1 atom stereocenters. The minimum absolute atomic E-state index is 0.137. The van der Waals surface area contributed by atoms with Gasteiger partial charge >= 0.3 is 0 Å². The Kier molecular flexibility index (Phi) is 5.62. The third kappa shape index (κ3) is 4.66. The lowest BCUT2D eigenvalue weighted by Gasteiger charge is -2.33.